The van der Waals surface area contributed by atoms with Crippen molar-refractivity contribution >= 4 is 28.5 Å². The van der Waals surface area contributed by atoms with Gasteiger partial charge in [-0.3, -0.25) is 4.90 Å². The van der Waals surface area contributed by atoms with E-state index in [0.717, 1.165) is 36.6 Å². The second kappa shape index (κ2) is 4.58. The zero-order chi connectivity index (χ0) is 11.7. The maximum absolute atomic E-state index is 5.86. The van der Waals surface area contributed by atoms with Crippen LogP contribution in [0.25, 0.3) is 11.1 Å². The summed E-state index contributed by atoms with van der Waals surface area (Å²) in [6.07, 6.45) is 0. The number of thioether (sulfide) groups is 1. The lowest BCUT2D eigenvalue weighted by atomic mass is 10.3. The van der Waals surface area contributed by atoms with Gasteiger partial charge in [-0.2, -0.15) is 11.8 Å². The van der Waals surface area contributed by atoms with Gasteiger partial charge < -0.3 is 10.2 Å². The molecule has 0 radical (unpaired) electrons. The molecule has 0 unspecified atom stereocenters. The molecule has 0 amide bonds. The minimum Gasteiger partial charge on any atom is -0.439 e. The summed E-state index contributed by atoms with van der Waals surface area (Å²) in [6.45, 7) is 3.01. The fraction of sp³-hybridized carbons (Fsp3) is 0.417. The molecule has 2 heterocycles. The Bertz CT molecular complexity index is 519. The van der Waals surface area contributed by atoms with Crippen molar-refractivity contribution in [2.45, 2.75) is 6.54 Å². The molecule has 2 N–H and O–H groups in total. The third-order valence-electron chi connectivity index (χ3n) is 2.96. The second-order valence-corrected chi connectivity index (χ2v) is 5.41. The number of benzene rings is 1. The van der Waals surface area contributed by atoms with Crippen LogP contribution in [-0.2, 0) is 6.54 Å². The summed E-state index contributed by atoms with van der Waals surface area (Å²) in [5, 5.41) is 0. The van der Waals surface area contributed by atoms with Crippen molar-refractivity contribution in [1.29, 1.82) is 0 Å². The number of anilines is 1. The van der Waals surface area contributed by atoms with Gasteiger partial charge in [0.1, 0.15) is 5.52 Å². The van der Waals surface area contributed by atoms with Gasteiger partial charge in [-0.15, -0.1) is 0 Å². The SMILES string of the molecule is Nc1cccc2oc(CN3CCSCC3)nc12. The maximum Gasteiger partial charge on any atom is 0.209 e. The zero-order valence-electron chi connectivity index (χ0n) is 9.56. The molecule has 0 aliphatic carbocycles. The molecule has 1 aromatic carbocycles. The lowest BCUT2D eigenvalue weighted by Gasteiger charge is -2.24. The van der Waals surface area contributed by atoms with Crippen LogP contribution in [0.15, 0.2) is 22.6 Å². The smallest absolute Gasteiger partial charge is 0.209 e. The molecule has 1 fully saturated rings. The number of oxazole rings is 1. The molecule has 0 bridgehead atoms. The molecular formula is C12H15N3OS. The maximum atomic E-state index is 5.86. The van der Waals surface area contributed by atoms with E-state index in [0.29, 0.717) is 5.69 Å². The number of nitrogens with zero attached hydrogens (tertiary/aromatic N) is 2. The van der Waals surface area contributed by atoms with Gasteiger partial charge >= 0.3 is 0 Å². The van der Waals surface area contributed by atoms with Crippen molar-refractivity contribution in [3.8, 4) is 0 Å². The normalized spacial score (nSPS) is 17.6. The minimum atomic E-state index is 0.687. The van der Waals surface area contributed by atoms with Crippen LogP contribution in [0.3, 0.4) is 0 Å². The monoisotopic (exact) mass is 249 g/mol. The minimum absolute atomic E-state index is 0.687. The van der Waals surface area contributed by atoms with Crippen LogP contribution in [0.1, 0.15) is 5.89 Å². The van der Waals surface area contributed by atoms with Gasteiger partial charge in [0.15, 0.2) is 5.58 Å². The van der Waals surface area contributed by atoms with E-state index in [1.165, 1.54) is 11.5 Å². The number of para-hydroxylation sites is 1. The summed E-state index contributed by atoms with van der Waals surface area (Å²) in [6, 6.07) is 5.66. The van der Waals surface area contributed by atoms with E-state index < -0.39 is 0 Å². The number of nitrogen functional groups attached to an aromatic ring is 1. The molecule has 0 atom stereocenters. The van der Waals surface area contributed by atoms with Crippen LogP contribution in [0.4, 0.5) is 5.69 Å². The fourth-order valence-corrected chi connectivity index (χ4v) is 3.01. The van der Waals surface area contributed by atoms with Crippen LogP contribution < -0.4 is 5.73 Å². The molecule has 5 heteroatoms. The van der Waals surface area contributed by atoms with Crippen molar-refractivity contribution in [2.24, 2.45) is 0 Å². The van der Waals surface area contributed by atoms with Gasteiger partial charge in [-0.1, -0.05) is 6.07 Å². The number of aromatic nitrogens is 1. The van der Waals surface area contributed by atoms with Crippen LogP contribution in [0, 0.1) is 0 Å². The highest BCUT2D eigenvalue weighted by Gasteiger charge is 2.14. The van der Waals surface area contributed by atoms with Gasteiger partial charge in [0, 0.05) is 24.6 Å². The van der Waals surface area contributed by atoms with Gasteiger partial charge in [-0.05, 0) is 12.1 Å². The number of hydrogen-bond donors (Lipinski definition) is 1. The molecule has 1 aliphatic rings. The molecule has 0 saturated carbocycles. The predicted molar refractivity (Wildman–Crippen MR) is 71.0 cm³/mol. The summed E-state index contributed by atoms with van der Waals surface area (Å²) in [5.74, 6) is 3.16. The van der Waals surface area contributed by atoms with E-state index in [1.807, 2.05) is 30.0 Å². The highest BCUT2D eigenvalue weighted by atomic mass is 32.2. The van der Waals surface area contributed by atoms with Gasteiger partial charge in [0.05, 0.1) is 12.2 Å². The summed E-state index contributed by atoms with van der Waals surface area (Å²) < 4.78 is 5.71. The number of rotatable bonds is 2. The number of fused-ring (bicyclic) bond motifs is 1. The molecule has 0 spiro atoms. The second-order valence-electron chi connectivity index (χ2n) is 4.19. The topological polar surface area (TPSA) is 55.3 Å². The molecule has 2 aromatic rings. The van der Waals surface area contributed by atoms with E-state index in [2.05, 4.69) is 9.88 Å². The Balaban J connectivity index is 1.83. The standard InChI is InChI=1S/C12H15N3OS/c13-9-2-1-3-10-12(9)14-11(16-10)8-15-4-6-17-7-5-15/h1-3H,4-8,13H2. The molecule has 1 aliphatic heterocycles. The fourth-order valence-electron chi connectivity index (χ4n) is 2.03. The molecule has 4 nitrogen and oxygen atoms in total. The lowest BCUT2D eigenvalue weighted by molar-refractivity contribution is 0.265. The molecule has 3 rings (SSSR count). The number of hydrogen-bond acceptors (Lipinski definition) is 5. The average Bonchev–Trinajstić information content (AvgIpc) is 2.74. The Morgan fingerprint density at radius 3 is 2.94 bits per heavy atom. The Kier molecular flexibility index (Phi) is 2.94. The van der Waals surface area contributed by atoms with E-state index in [4.69, 9.17) is 10.2 Å². The molecular weight excluding hydrogens is 234 g/mol. The van der Waals surface area contributed by atoms with E-state index in [-0.39, 0.29) is 0 Å². The zero-order valence-corrected chi connectivity index (χ0v) is 10.4. The Morgan fingerprint density at radius 2 is 2.18 bits per heavy atom. The Hall–Kier alpha value is -1.20. The first-order valence-corrected chi connectivity index (χ1v) is 6.92. The van der Waals surface area contributed by atoms with E-state index >= 15 is 0 Å². The highest BCUT2D eigenvalue weighted by molar-refractivity contribution is 7.99. The van der Waals surface area contributed by atoms with E-state index in [1.54, 1.807) is 0 Å². The largest absolute Gasteiger partial charge is 0.439 e. The molecule has 1 saturated heterocycles. The lowest BCUT2D eigenvalue weighted by Crippen LogP contribution is -2.32. The quantitative estimate of drug-likeness (QED) is 0.825. The summed E-state index contributed by atoms with van der Waals surface area (Å²) in [5.41, 5.74) is 8.12. The summed E-state index contributed by atoms with van der Waals surface area (Å²) in [4.78, 5) is 6.84. The van der Waals surface area contributed by atoms with Crippen molar-refractivity contribution in [2.75, 3.05) is 30.3 Å². The molecule has 90 valence electrons. The third kappa shape index (κ3) is 2.25. The molecule has 1 aromatic heterocycles. The average molecular weight is 249 g/mol. The Labute approximate surface area is 104 Å². The van der Waals surface area contributed by atoms with Crippen molar-refractivity contribution < 1.29 is 4.42 Å². The summed E-state index contributed by atoms with van der Waals surface area (Å²) in [7, 11) is 0. The first-order valence-electron chi connectivity index (χ1n) is 5.77. The van der Waals surface area contributed by atoms with Gasteiger partial charge in [0.2, 0.25) is 5.89 Å². The van der Waals surface area contributed by atoms with Crippen molar-refractivity contribution in [3.05, 3.63) is 24.1 Å². The van der Waals surface area contributed by atoms with Crippen LogP contribution in [-0.4, -0.2) is 34.5 Å². The van der Waals surface area contributed by atoms with Crippen molar-refractivity contribution in [3.63, 3.8) is 0 Å². The third-order valence-corrected chi connectivity index (χ3v) is 3.90. The molecule has 17 heavy (non-hydrogen) atoms. The highest BCUT2D eigenvalue weighted by Crippen LogP contribution is 2.22. The predicted octanol–water partition coefficient (Wildman–Crippen LogP) is 1.96. The number of nitrogens with two attached hydrogens (primary N) is 1. The van der Waals surface area contributed by atoms with Gasteiger partial charge in [-0.25, -0.2) is 4.98 Å². The first kappa shape index (κ1) is 10.9. The van der Waals surface area contributed by atoms with Crippen LogP contribution >= 0.6 is 11.8 Å². The van der Waals surface area contributed by atoms with Crippen molar-refractivity contribution in [1.82, 2.24) is 9.88 Å². The van der Waals surface area contributed by atoms with Gasteiger partial charge in [0.25, 0.3) is 0 Å². The van der Waals surface area contributed by atoms with Crippen LogP contribution in [0.2, 0.25) is 0 Å². The van der Waals surface area contributed by atoms with Crippen LogP contribution in [0.5, 0.6) is 0 Å². The summed E-state index contributed by atoms with van der Waals surface area (Å²) >= 11 is 2.00. The first-order chi connectivity index (χ1) is 8.33. The Morgan fingerprint density at radius 1 is 1.35 bits per heavy atom. The van der Waals surface area contributed by atoms with E-state index in [9.17, 15) is 0 Å².